The summed E-state index contributed by atoms with van der Waals surface area (Å²) in [5.74, 6) is 8.10. The third-order valence-corrected chi connectivity index (χ3v) is 12.2. The number of hydrogen-bond acceptors (Lipinski definition) is 1. The molecule has 178 valence electrons. The van der Waals surface area contributed by atoms with Crippen LogP contribution in [0.3, 0.4) is 0 Å². The molecule has 4 fully saturated rings. The van der Waals surface area contributed by atoms with Crippen molar-refractivity contribution < 1.29 is 0 Å². The number of rotatable bonds is 6. The molecule has 0 nitrogen and oxygen atoms in total. The lowest BCUT2D eigenvalue weighted by Gasteiger charge is -2.48. The normalized spacial score (nSPS) is 42.7. The van der Waals surface area contributed by atoms with Gasteiger partial charge in [0.05, 0.1) is 0 Å². The second-order valence-electron chi connectivity index (χ2n) is 13.3. The van der Waals surface area contributed by atoms with E-state index >= 15 is 0 Å². The molecule has 4 saturated carbocycles. The highest BCUT2D eigenvalue weighted by atomic mass is 32.1. The minimum Gasteiger partial charge on any atom is -0.0891 e. The summed E-state index contributed by atoms with van der Waals surface area (Å²) >= 11 is 6.40. The molecule has 0 aromatic rings. The third kappa shape index (κ3) is 5.12. The maximum Gasteiger partial charge on any atom is -0.000672 e. The molecule has 0 aromatic heterocycles. The SMILES string of the molecule is CCC(C)(C)C1CCC(C2C(C)CCCC2C(=S)C(C)C2CCC3CCCC3C2)CC1. The summed E-state index contributed by atoms with van der Waals surface area (Å²) in [5.41, 5.74) is 0.533. The Morgan fingerprint density at radius 1 is 0.839 bits per heavy atom. The Kier molecular flexibility index (Phi) is 7.93. The molecular formula is C30H52S. The molecule has 0 radical (unpaired) electrons. The molecule has 0 saturated heterocycles. The second kappa shape index (κ2) is 10.1. The molecule has 4 rings (SSSR count). The summed E-state index contributed by atoms with van der Waals surface area (Å²) in [7, 11) is 0. The topological polar surface area (TPSA) is 0 Å². The Labute approximate surface area is 200 Å². The van der Waals surface area contributed by atoms with Gasteiger partial charge in [0, 0.05) is 0 Å². The van der Waals surface area contributed by atoms with Crippen LogP contribution < -0.4 is 0 Å². The fraction of sp³-hybridized carbons (Fsp3) is 0.967. The van der Waals surface area contributed by atoms with Gasteiger partial charge < -0.3 is 0 Å². The molecule has 1 heteroatoms. The number of fused-ring (bicyclic) bond motifs is 1. The molecule has 7 atom stereocenters. The van der Waals surface area contributed by atoms with Gasteiger partial charge >= 0.3 is 0 Å². The summed E-state index contributed by atoms with van der Waals surface area (Å²) in [6.45, 7) is 12.5. The molecule has 0 aromatic carbocycles. The summed E-state index contributed by atoms with van der Waals surface area (Å²) in [4.78, 5) is 1.52. The lowest BCUT2D eigenvalue weighted by molar-refractivity contribution is 0.0606. The molecule has 0 N–H and O–H groups in total. The zero-order chi connectivity index (χ0) is 22.2. The first kappa shape index (κ1) is 24.2. The van der Waals surface area contributed by atoms with E-state index in [1.54, 1.807) is 0 Å². The van der Waals surface area contributed by atoms with Crippen LogP contribution in [0, 0.1) is 58.7 Å². The molecule has 7 unspecified atom stereocenters. The van der Waals surface area contributed by atoms with Crippen LogP contribution in [-0.2, 0) is 0 Å². The quantitative estimate of drug-likeness (QED) is 0.367. The van der Waals surface area contributed by atoms with Gasteiger partial charge in [-0.05, 0) is 115 Å². The molecule has 0 bridgehead atoms. The molecule has 0 aliphatic heterocycles. The second-order valence-corrected chi connectivity index (χ2v) is 13.7. The van der Waals surface area contributed by atoms with Crippen molar-refractivity contribution >= 4 is 17.1 Å². The van der Waals surface area contributed by atoms with Gasteiger partial charge in [0.15, 0.2) is 0 Å². The molecule has 4 aliphatic carbocycles. The summed E-state index contributed by atoms with van der Waals surface area (Å²) in [6.07, 6.45) is 20.5. The van der Waals surface area contributed by atoms with Crippen LogP contribution in [0.1, 0.15) is 125 Å². The van der Waals surface area contributed by atoms with E-state index in [2.05, 4.69) is 34.6 Å². The first-order valence-electron chi connectivity index (χ1n) is 14.4. The Bertz CT molecular complexity index is 598. The highest BCUT2D eigenvalue weighted by molar-refractivity contribution is 7.80. The first-order valence-corrected chi connectivity index (χ1v) is 14.8. The van der Waals surface area contributed by atoms with E-state index < -0.39 is 0 Å². The van der Waals surface area contributed by atoms with Gasteiger partial charge in [-0.3, -0.25) is 0 Å². The average Bonchev–Trinajstić information content (AvgIpc) is 3.26. The Morgan fingerprint density at radius 2 is 1.48 bits per heavy atom. The van der Waals surface area contributed by atoms with Crippen molar-refractivity contribution in [2.45, 2.75) is 125 Å². The van der Waals surface area contributed by atoms with Crippen molar-refractivity contribution in [3.8, 4) is 0 Å². The van der Waals surface area contributed by atoms with E-state index in [1.165, 1.54) is 94.8 Å². The van der Waals surface area contributed by atoms with Crippen LogP contribution in [0.25, 0.3) is 0 Å². The largest absolute Gasteiger partial charge is 0.0891 e. The van der Waals surface area contributed by atoms with Gasteiger partial charge in [0.25, 0.3) is 0 Å². The summed E-state index contributed by atoms with van der Waals surface area (Å²) < 4.78 is 0. The molecule has 31 heavy (non-hydrogen) atoms. The van der Waals surface area contributed by atoms with E-state index in [0.717, 1.165) is 47.3 Å². The van der Waals surface area contributed by atoms with Crippen molar-refractivity contribution in [2.24, 2.45) is 58.7 Å². The first-order chi connectivity index (χ1) is 14.8. The van der Waals surface area contributed by atoms with E-state index in [0.29, 0.717) is 11.3 Å². The maximum absolute atomic E-state index is 6.40. The van der Waals surface area contributed by atoms with Crippen LogP contribution in [-0.4, -0.2) is 4.86 Å². The average molecular weight is 445 g/mol. The predicted molar refractivity (Wildman–Crippen MR) is 139 cm³/mol. The molecule has 0 amide bonds. The van der Waals surface area contributed by atoms with Gasteiger partial charge in [-0.15, -0.1) is 0 Å². The van der Waals surface area contributed by atoms with Crippen molar-refractivity contribution in [3.63, 3.8) is 0 Å². The highest BCUT2D eigenvalue weighted by Gasteiger charge is 2.44. The molecule has 4 aliphatic rings. The lowest BCUT2D eigenvalue weighted by Crippen LogP contribution is -2.42. The standard InChI is InChI=1S/C30H52S/c1-6-30(4,5)26-17-15-23(16-18-26)28-20(2)9-7-12-27(28)29(31)21(3)24-14-13-22-10-8-11-25(22)19-24/h20-28H,6-19H2,1-5H3. The van der Waals surface area contributed by atoms with Crippen LogP contribution in [0.2, 0.25) is 0 Å². The summed E-state index contributed by atoms with van der Waals surface area (Å²) in [6, 6.07) is 0. The van der Waals surface area contributed by atoms with Crippen LogP contribution in [0.15, 0.2) is 0 Å². The van der Waals surface area contributed by atoms with Gasteiger partial charge in [0.1, 0.15) is 0 Å². The van der Waals surface area contributed by atoms with Gasteiger partial charge in [-0.1, -0.05) is 85.4 Å². The van der Waals surface area contributed by atoms with Gasteiger partial charge in [-0.2, -0.15) is 0 Å². The maximum atomic E-state index is 6.40. The minimum absolute atomic E-state index is 0.533. The van der Waals surface area contributed by atoms with Crippen LogP contribution in [0.4, 0.5) is 0 Å². The van der Waals surface area contributed by atoms with Crippen molar-refractivity contribution in [1.29, 1.82) is 0 Å². The van der Waals surface area contributed by atoms with Crippen LogP contribution >= 0.6 is 12.2 Å². The highest BCUT2D eigenvalue weighted by Crippen LogP contribution is 2.51. The zero-order valence-electron chi connectivity index (χ0n) is 21.5. The van der Waals surface area contributed by atoms with Crippen molar-refractivity contribution in [2.75, 3.05) is 0 Å². The summed E-state index contributed by atoms with van der Waals surface area (Å²) in [5, 5.41) is 0. The fourth-order valence-corrected chi connectivity index (χ4v) is 9.37. The molecule has 0 heterocycles. The predicted octanol–water partition coefficient (Wildman–Crippen LogP) is 9.50. The zero-order valence-corrected chi connectivity index (χ0v) is 22.3. The fourth-order valence-electron chi connectivity index (χ4n) is 8.90. The monoisotopic (exact) mass is 444 g/mol. The smallest absolute Gasteiger partial charge is 0.000672 e. The van der Waals surface area contributed by atoms with Crippen molar-refractivity contribution in [1.82, 2.24) is 0 Å². The van der Waals surface area contributed by atoms with Gasteiger partial charge in [-0.25, -0.2) is 0 Å². The van der Waals surface area contributed by atoms with Gasteiger partial charge in [0.2, 0.25) is 0 Å². The van der Waals surface area contributed by atoms with E-state index in [-0.39, 0.29) is 0 Å². The molecule has 0 spiro atoms. The Hall–Kier alpha value is 0.0900. The number of hydrogen-bond donors (Lipinski definition) is 0. The van der Waals surface area contributed by atoms with E-state index in [1.807, 2.05) is 0 Å². The Balaban J connectivity index is 1.41. The Morgan fingerprint density at radius 3 is 2.19 bits per heavy atom. The van der Waals surface area contributed by atoms with Crippen molar-refractivity contribution in [3.05, 3.63) is 0 Å². The third-order valence-electron chi connectivity index (χ3n) is 11.5. The van der Waals surface area contributed by atoms with E-state index in [9.17, 15) is 0 Å². The lowest BCUT2D eigenvalue weighted by atomic mass is 9.58. The number of thiocarbonyl (C=S) groups is 1. The van der Waals surface area contributed by atoms with E-state index in [4.69, 9.17) is 12.2 Å². The molecular weight excluding hydrogens is 392 g/mol. The minimum atomic E-state index is 0.533. The van der Waals surface area contributed by atoms with Crippen LogP contribution in [0.5, 0.6) is 0 Å².